The number of ether oxygens (including phenoxy) is 1. The first-order valence-electron chi connectivity index (χ1n) is 8.68. The number of carbonyl (C=O) groups excluding carboxylic acids is 2. The Bertz CT molecular complexity index is 559. The molecule has 24 heavy (non-hydrogen) atoms. The van der Waals surface area contributed by atoms with E-state index in [1.807, 2.05) is 51.1 Å². The zero-order valence-corrected chi connectivity index (χ0v) is 15.0. The predicted octanol–water partition coefficient (Wildman–Crippen LogP) is 2.18. The van der Waals surface area contributed by atoms with Crippen molar-refractivity contribution in [1.29, 1.82) is 0 Å². The molecule has 132 valence electrons. The second-order valence-electron chi connectivity index (χ2n) is 6.63. The highest BCUT2D eigenvalue weighted by Gasteiger charge is 2.40. The molecule has 5 nitrogen and oxygen atoms in total. The SMILES string of the molecule is CCNC(=O)C(C(C)C)N(C)C(=O)C1OCCC1c1ccccc1. The van der Waals surface area contributed by atoms with Crippen LogP contribution in [0.2, 0.25) is 0 Å². The van der Waals surface area contributed by atoms with E-state index >= 15 is 0 Å². The molecule has 0 bridgehead atoms. The minimum Gasteiger partial charge on any atom is -0.368 e. The number of hydrogen-bond donors (Lipinski definition) is 1. The highest BCUT2D eigenvalue weighted by atomic mass is 16.5. The molecule has 5 heteroatoms. The van der Waals surface area contributed by atoms with Gasteiger partial charge in [0.25, 0.3) is 5.91 Å². The monoisotopic (exact) mass is 332 g/mol. The maximum absolute atomic E-state index is 13.0. The van der Waals surface area contributed by atoms with Gasteiger partial charge in [-0.25, -0.2) is 0 Å². The van der Waals surface area contributed by atoms with E-state index in [1.165, 1.54) is 0 Å². The van der Waals surface area contributed by atoms with Gasteiger partial charge in [-0.15, -0.1) is 0 Å². The molecule has 1 aromatic carbocycles. The number of nitrogens with zero attached hydrogens (tertiary/aromatic N) is 1. The topological polar surface area (TPSA) is 58.6 Å². The van der Waals surface area contributed by atoms with Crippen LogP contribution in [0.3, 0.4) is 0 Å². The predicted molar refractivity (Wildman–Crippen MR) is 93.6 cm³/mol. The molecule has 1 aliphatic heterocycles. The molecule has 1 fully saturated rings. The van der Waals surface area contributed by atoms with Crippen molar-refractivity contribution < 1.29 is 14.3 Å². The van der Waals surface area contributed by atoms with Crippen LogP contribution in [0.1, 0.15) is 38.7 Å². The van der Waals surface area contributed by atoms with Crippen molar-refractivity contribution in [3.05, 3.63) is 35.9 Å². The summed E-state index contributed by atoms with van der Waals surface area (Å²) in [6, 6.07) is 9.49. The van der Waals surface area contributed by atoms with E-state index in [0.717, 1.165) is 12.0 Å². The quantitative estimate of drug-likeness (QED) is 0.869. The van der Waals surface area contributed by atoms with Gasteiger partial charge in [0.05, 0.1) is 0 Å². The molecule has 0 aliphatic carbocycles. The highest BCUT2D eigenvalue weighted by molar-refractivity contribution is 5.90. The lowest BCUT2D eigenvalue weighted by atomic mass is 9.91. The maximum Gasteiger partial charge on any atom is 0.252 e. The van der Waals surface area contributed by atoms with Crippen molar-refractivity contribution in [2.75, 3.05) is 20.2 Å². The van der Waals surface area contributed by atoms with E-state index in [2.05, 4.69) is 5.32 Å². The molecule has 0 radical (unpaired) electrons. The molecule has 3 atom stereocenters. The van der Waals surface area contributed by atoms with E-state index in [4.69, 9.17) is 4.74 Å². The third kappa shape index (κ3) is 3.96. The summed E-state index contributed by atoms with van der Waals surface area (Å²) in [6.45, 7) is 6.90. The van der Waals surface area contributed by atoms with Crippen LogP contribution >= 0.6 is 0 Å². The standard InChI is InChI=1S/C19H28N2O3/c1-5-20-18(22)16(13(2)3)21(4)19(23)17-15(11-12-24-17)14-9-7-6-8-10-14/h6-10,13,15-17H,5,11-12H2,1-4H3,(H,20,22). The van der Waals surface area contributed by atoms with E-state index in [-0.39, 0.29) is 23.7 Å². The van der Waals surface area contributed by atoms with Crippen LogP contribution in [0.15, 0.2) is 30.3 Å². The van der Waals surface area contributed by atoms with Crippen LogP contribution in [0.5, 0.6) is 0 Å². The van der Waals surface area contributed by atoms with Crippen molar-refractivity contribution in [3.8, 4) is 0 Å². The van der Waals surface area contributed by atoms with E-state index in [0.29, 0.717) is 13.2 Å². The van der Waals surface area contributed by atoms with Crippen molar-refractivity contribution >= 4 is 11.8 Å². The van der Waals surface area contributed by atoms with Gasteiger partial charge < -0.3 is 15.0 Å². The van der Waals surface area contributed by atoms with Crippen LogP contribution in [0.4, 0.5) is 0 Å². The average molecular weight is 332 g/mol. The van der Waals surface area contributed by atoms with Gasteiger partial charge in [0.15, 0.2) is 0 Å². The Labute approximate surface area is 144 Å². The number of carbonyl (C=O) groups is 2. The zero-order chi connectivity index (χ0) is 17.7. The number of amides is 2. The molecule has 1 N–H and O–H groups in total. The molecule has 2 amide bonds. The molecule has 0 aromatic heterocycles. The summed E-state index contributed by atoms with van der Waals surface area (Å²) < 4.78 is 5.75. The summed E-state index contributed by atoms with van der Waals surface area (Å²) in [4.78, 5) is 26.9. The molecule has 3 unspecified atom stereocenters. The Morgan fingerprint density at radius 1 is 1.29 bits per heavy atom. The molecular weight excluding hydrogens is 304 g/mol. The van der Waals surface area contributed by atoms with Crippen LogP contribution in [0.25, 0.3) is 0 Å². The van der Waals surface area contributed by atoms with Gasteiger partial charge in [-0.2, -0.15) is 0 Å². The lowest BCUT2D eigenvalue weighted by Gasteiger charge is -2.33. The first kappa shape index (κ1) is 18.5. The molecule has 1 aliphatic rings. The number of benzene rings is 1. The summed E-state index contributed by atoms with van der Waals surface area (Å²) in [6.07, 6.45) is 0.301. The molecule has 2 rings (SSSR count). The van der Waals surface area contributed by atoms with Gasteiger partial charge in [0.1, 0.15) is 12.1 Å². The van der Waals surface area contributed by atoms with Crippen molar-refractivity contribution in [3.63, 3.8) is 0 Å². The van der Waals surface area contributed by atoms with Crippen LogP contribution in [-0.2, 0) is 14.3 Å². The normalized spacial score (nSPS) is 21.5. The second-order valence-corrected chi connectivity index (χ2v) is 6.63. The fourth-order valence-corrected chi connectivity index (χ4v) is 3.42. The number of nitrogens with one attached hydrogen (secondary N) is 1. The van der Waals surface area contributed by atoms with E-state index in [9.17, 15) is 9.59 Å². The molecule has 1 heterocycles. The number of rotatable bonds is 6. The Morgan fingerprint density at radius 2 is 1.96 bits per heavy atom. The summed E-state index contributed by atoms with van der Waals surface area (Å²) in [5, 5.41) is 2.82. The molecule has 1 saturated heterocycles. The minimum absolute atomic E-state index is 0.0297. The highest BCUT2D eigenvalue weighted by Crippen LogP contribution is 2.32. The zero-order valence-electron chi connectivity index (χ0n) is 15.0. The first-order valence-corrected chi connectivity index (χ1v) is 8.68. The van der Waals surface area contributed by atoms with Gasteiger partial charge in [-0.05, 0) is 24.8 Å². The number of likely N-dealkylation sites (N-methyl/N-ethyl adjacent to an activating group) is 2. The van der Waals surface area contributed by atoms with Gasteiger partial charge in [0, 0.05) is 26.1 Å². The summed E-state index contributed by atoms with van der Waals surface area (Å²) in [5.41, 5.74) is 1.11. The largest absolute Gasteiger partial charge is 0.368 e. The van der Waals surface area contributed by atoms with E-state index < -0.39 is 12.1 Å². The van der Waals surface area contributed by atoms with Crippen LogP contribution < -0.4 is 5.32 Å². The molecule has 0 saturated carbocycles. The van der Waals surface area contributed by atoms with Crippen LogP contribution in [-0.4, -0.2) is 49.1 Å². The molecule has 0 spiro atoms. The first-order chi connectivity index (χ1) is 11.5. The Balaban J connectivity index is 2.17. The summed E-state index contributed by atoms with van der Waals surface area (Å²) in [5.74, 6) is -0.158. The third-order valence-electron chi connectivity index (χ3n) is 4.58. The Hall–Kier alpha value is -1.88. The summed E-state index contributed by atoms with van der Waals surface area (Å²) in [7, 11) is 1.70. The number of hydrogen-bond acceptors (Lipinski definition) is 3. The van der Waals surface area contributed by atoms with Gasteiger partial charge in [0.2, 0.25) is 5.91 Å². The van der Waals surface area contributed by atoms with Crippen molar-refractivity contribution in [1.82, 2.24) is 10.2 Å². The lowest BCUT2D eigenvalue weighted by molar-refractivity contribution is -0.148. The lowest BCUT2D eigenvalue weighted by Crippen LogP contribution is -2.53. The van der Waals surface area contributed by atoms with Gasteiger partial charge >= 0.3 is 0 Å². The fraction of sp³-hybridized carbons (Fsp3) is 0.579. The summed E-state index contributed by atoms with van der Waals surface area (Å²) >= 11 is 0. The van der Waals surface area contributed by atoms with Crippen LogP contribution in [0, 0.1) is 5.92 Å². The maximum atomic E-state index is 13.0. The average Bonchev–Trinajstić information content (AvgIpc) is 3.04. The second kappa shape index (κ2) is 8.29. The molecule has 1 aromatic rings. The van der Waals surface area contributed by atoms with Crippen molar-refractivity contribution in [2.45, 2.75) is 45.3 Å². The smallest absolute Gasteiger partial charge is 0.252 e. The minimum atomic E-state index is -0.520. The van der Waals surface area contributed by atoms with Crippen molar-refractivity contribution in [2.24, 2.45) is 5.92 Å². The Morgan fingerprint density at radius 3 is 2.54 bits per heavy atom. The molecular formula is C19H28N2O3. The van der Waals surface area contributed by atoms with Gasteiger partial charge in [-0.3, -0.25) is 9.59 Å². The third-order valence-corrected chi connectivity index (χ3v) is 4.58. The van der Waals surface area contributed by atoms with Gasteiger partial charge in [-0.1, -0.05) is 44.2 Å². The van der Waals surface area contributed by atoms with E-state index in [1.54, 1.807) is 11.9 Å². The fourth-order valence-electron chi connectivity index (χ4n) is 3.42. The Kier molecular flexibility index (Phi) is 6.37.